The van der Waals surface area contributed by atoms with E-state index in [2.05, 4.69) is 0 Å². The van der Waals surface area contributed by atoms with Crippen LogP contribution in [0.25, 0.3) is 0 Å². The summed E-state index contributed by atoms with van der Waals surface area (Å²) in [5.41, 5.74) is 5.52. The average molecular weight is 282 g/mol. The van der Waals surface area contributed by atoms with E-state index in [9.17, 15) is 14.9 Å². The topological polar surface area (TPSA) is 116 Å². The monoisotopic (exact) mass is 282 g/mol. The fourth-order valence-corrected chi connectivity index (χ4v) is 1.91. The van der Waals surface area contributed by atoms with Gasteiger partial charge >= 0.3 is 5.97 Å². The molecule has 0 aliphatic rings. The zero-order chi connectivity index (χ0) is 15.1. The highest BCUT2D eigenvalue weighted by atomic mass is 16.6. The molecule has 0 spiro atoms. The van der Waals surface area contributed by atoms with Crippen LogP contribution in [-0.2, 0) is 4.79 Å². The Morgan fingerprint density at radius 2 is 2.05 bits per heavy atom. The van der Waals surface area contributed by atoms with Gasteiger partial charge < -0.3 is 15.6 Å². The van der Waals surface area contributed by atoms with Crippen LogP contribution in [0, 0.1) is 16.0 Å². The average Bonchev–Trinajstić information content (AvgIpc) is 2.37. The number of non-ortho nitro benzene ring substituents is 1. The first kappa shape index (κ1) is 15.9. The molecule has 0 saturated heterocycles. The van der Waals surface area contributed by atoms with Gasteiger partial charge in [-0.3, -0.25) is 14.9 Å². The van der Waals surface area contributed by atoms with E-state index >= 15 is 0 Å². The molecular formula is C13H18N2O5. The Kier molecular flexibility index (Phi) is 5.92. The number of carbonyl (C=O) groups is 1. The number of nitro groups is 1. The third-order valence-corrected chi connectivity index (χ3v) is 2.85. The summed E-state index contributed by atoms with van der Waals surface area (Å²) < 4.78 is 5.59. The molecule has 7 heteroatoms. The number of nitrogens with two attached hydrogens (primary N) is 1. The van der Waals surface area contributed by atoms with Crippen molar-refractivity contribution in [2.45, 2.75) is 25.9 Å². The molecule has 0 aromatic heterocycles. The molecule has 20 heavy (non-hydrogen) atoms. The number of hydrogen-bond donors (Lipinski definition) is 2. The molecule has 0 aliphatic heterocycles. The SMILES string of the molecule is C[C@@H](C[C@H](CN)CC(=O)O)Oc1ccc([N+](=O)[O-])cc1. The number of hydrogen-bond acceptors (Lipinski definition) is 5. The van der Waals surface area contributed by atoms with Gasteiger partial charge in [0.05, 0.1) is 11.0 Å². The van der Waals surface area contributed by atoms with Gasteiger partial charge in [-0.15, -0.1) is 0 Å². The van der Waals surface area contributed by atoms with E-state index in [1.807, 2.05) is 6.92 Å². The highest BCUT2D eigenvalue weighted by molar-refractivity contribution is 5.67. The van der Waals surface area contributed by atoms with Crippen molar-refractivity contribution in [1.29, 1.82) is 0 Å². The Balaban J connectivity index is 2.54. The molecule has 0 fully saturated rings. The van der Waals surface area contributed by atoms with E-state index in [4.69, 9.17) is 15.6 Å². The maximum atomic E-state index is 10.6. The first-order chi connectivity index (χ1) is 9.42. The fourth-order valence-electron chi connectivity index (χ4n) is 1.91. The number of benzene rings is 1. The van der Waals surface area contributed by atoms with Crippen molar-refractivity contribution in [2.75, 3.05) is 6.54 Å². The van der Waals surface area contributed by atoms with Crippen LogP contribution in [0.5, 0.6) is 5.75 Å². The first-order valence-electron chi connectivity index (χ1n) is 6.25. The second kappa shape index (κ2) is 7.44. The second-order valence-corrected chi connectivity index (χ2v) is 4.61. The Bertz CT molecular complexity index is 460. The number of rotatable bonds is 8. The lowest BCUT2D eigenvalue weighted by Gasteiger charge is -2.19. The molecule has 7 nitrogen and oxygen atoms in total. The molecule has 0 amide bonds. The number of aliphatic carboxylic acids is 1. The van der Waals surface area contributed by atoms with Crippen molar-refractivity contribution in [3.8, 4) is 5.75 Å². The predicted molar refractivity (Wildman–Crippen MR) is 72.6 cm³/mol. The molecule has 0 radical (unpaired) electrons. The number of carboxylic acid groups (broad SMARTS) is 1. The van der Waals surface area contributed by atoms with Crippen molar-refractivity contribution in [1.82, 2.24) is 0 Å². The van der Waals surface area contributed by atoms with Crippen LogP contribution in [0.1, 0.15) is 19.8 Å². The molecule has 2 atom stereocenters. The number of nitro benzene ring substituents is 1. The van der Waals surface area contributed by atoms with E-state index in [-0.39, 0.29) is 30.7 Å². The van der Waals surface area contributed by atoms with Gasteiger partial charge in [-0.2, -0.15) is 0 Å². The first-order valence-corrected chi connectivity index (χ1v) is 6.25. The molecule has 1 aromatic carbocycles. The molecule has 1 rings (SSSR count). The quantitative estimate of drug-likeness (QED) is 0.554. The Morgan fingerprint density at radius 3 is 2.50 bits per heavy atom. The summed E-state index contributed by atoms with van der Waals surface area (Å²) in [6.07, 6.45) is 0.300. The molecular weight excluding hydrogens is 264 g/mol. The van der Waals surface area contributed by atoms with Crippen LogP contribution in [0.3, 0.4) is 0 Å². The predicted octanol–water partition coefficient (Wildman–Crippen LogP) is 1.80. The van der Waals surface area contributed by atoms with Crippen LogP contribution in [0.15, 0.2) is 24.3 Å². The summed E-state index contributed by atoms with van der Waals surface area (Å²) in [7, 11) is 0. The highest BCUT2D eigenvalue weighted by Crippen LogP contribution is 2.20. The summed E-state index contributed by atoms with van der Waals surface area (Å²) in [6, 6.07) is 5.76. The lowest BCUT2D eigenvalue weighted by atomic mass is 9.99. The van der Waals surface area contributed by atoms with Crippen molar-refractivity contribution in [3.05, 3.63) is 34.4 Å². The van der Waals surface area contributed by atoms with E-state index in [1.54, 1.807) is 0 Å². The van der Waals surface area contributed by atoms with Gasteiger partial charge in [0.25, 0.3) is 5.69 Å². The van der Waals surface area contributed by atoms with Crippen molar-refractivity contribution >= 4 is 11.7 Å². The minimum atomic E-state index is -0.886. The summed E-state index contributed by atoms with van der Waals surface area (Å²) in [5, 5.41) is 19.3. The van der Waals surface area contributed by atoms with E-state index in [0.29, 0.717) is 12.2 Å². The number of carboxylic acids is 1. The van der Waals surface area contributed by atoms with Gasteiger partial charge in [0.2, 0.25) is 0 Å². The third kappa shape index (κ3) is 5.23. The lowest BCUT2D eigenvalue weighted by Crippen LogP contribution is -2.24. The summed E-state index contributed by atoms with van der Waals surface area (Å²) in [4.78, 5) is 20.7. The smallest absolute Gasteiger partial charge is 0.303 e. The minimum Gasteiger partial charge on any atom is -0.491 e. The molecule has 0 saturated carbocycles. The molecule has 0 heterocycles. The van der Waals surface area contributed by atoms with Crippen LogP contribution in [-0.4, -0.2) is 28.6 Å². The van der Waals surface area contributed by atoms with Crippen LogP contribution in [0.4, 0.5) is 5.69 Å². The highest BCUT2D eigenvalue weighted by Gasteiger charge is 2.16. The Morgan fingerprint density at radius 1 is 1.45 bits per heavy atom. The molecule has 0 aliphatic carbocycles. The van der Waals surface area contributed by atoms with E-state index < -0.39 is 10.9 Å². The molecule has 1 aromatic rings. The summed E-state index contributed by atoms with van der Waals surface area (Å²) >= 11 is 0. The molecule has 110 valence electrons. The zero-order valence-electron chi connectivity index (χ0n) is 11.2. The van der Waals surface area contributed by atoms with Crippen LogP contribution >= 0.6 is 0 Å². The van der Waals surface area contributed by atoms with E-state index in [1.165, 1.54) is 24.3 Å². The Labute approximate surface area is 116 Å². The molecule has 3 N–H and O–H groups in total. The third-order valence-electron chi connectivity index (χ3n) is 2.85. The zero-order valence-corrected chi connectivity index (χ0v) is 11.2. The van der Waals surface area contributed by atoms with Crippen LogP contribution < -0.4 is 10.5 Å². The van der Waals surface area contributed by atoms with Gasteiger partial charge in [-0.05, 0) is 37.9 Å². The summed E-state index contributed by atoms with van der Waals surface area (Å²) in [5.74, 6) is -0.530. The van der Waals surface area contributed by atoms with Gasteiger partial charge in [-0.1, -0.05) is 0 Å². The second-order valence-electron chi connectivity index (χ2n) is 4.61. The standard InChI is InChI=1S/C13H18N2O5/c1-9(6-10(8-14)7-13(16)17)20-12-4-2-11(3-5-12)15(18)19/h2-5,9-10H,6-8,14H2,1H3,(H,16,17)/t9-,10-/m0/s1. The number of nitrogens with zero attached hydrogens (tertiary/aromatic N) is 1. The van der Waals surface area contributed by atoms with Crippen molar-refractivity contribution in [3.63, 3.8) is 0 Å². The normalized spacial score (nSPS) is 13.5. The van der Waals surface area contributed by atoms with Gasteiger partial charge in [-0.25, -0.2) is 0 Å². The summed E-state index contributed by atoms with van der Waals surface area (Å²) in [6.45, 7) is 2.09. The lowest BCUT2D eigenvalue weighted by molar-refractivity contribution is -0.384. The van der Waals surface area contributed by atoms with Crippen molar-refractivity contribution in [2.24, 2.45) is 11.7 Å². The number of ether oxygens (including phenoxy) is 1. The van der Waals surface area contributed by atoms with Gasteiger partial charge in [0.1, 0.15) is 5.75 Å². The van der Waals surface area contributed by atoms with Crippen molar-refractivity contribution < 1.29 is 19.6 Å². The maximum Gasteiger partial charge on any atom is 0.303 e. The van der Waals surface area contributed by atoms with Crippen LogP contribution in [0.2, 0.25) is 0 Å². The molecule has 0 unspecified atom stereocenters. The molecule has 0 bridgehead atoms. The van der Waals surface area contributed by atoms with Gasteiger partial charge in [0.15, 0.2) is 0 Å². The van der Waals surface area contributed by atoms with Gasteiger partial charge in [0, 0.05) is 18.6 Å². The largest absolute Gasteiger partial charge is 0.491 e. The van der Waals surface area contributed by atoms with E-state index in [0.717, 1.165) is 0 Å². The minimum absolute atomic E-state index is 0.00397. The fraction of sp³-hybridized carbons (Fsp3) is 0.462. The Hall–Kier alpha value is -2.15. The maximum absolute atomic E-state index is 10.6.